The quantitative estimate of drug-likeness (QED) is 0.860. The molecule has 6 heteroatoms. The third-order valence-electron chi connectivity index (χ3n) is 4.97. The van der Waals surface area contributed by atoms with Gasteiger partial charge in [0.1, 0.15) is 12.6 Å². The van der Waals surface area contributed by atoms with Gasteiger partial charge in [-0.2, -0.15) is 0 Å². The number of imide groups is 1. The maximum Gasteiger partial charge on any atom is 0.325 e. The molecule has 0 radical (unpaired) electrons. The van der Waals surface area contributed by atoms with Gasteiger partial charge in [-0.15, -0.1) is 0 Å². The van der Waals surface area contributed by atoms with E-state index in [1.165, 1.54) is 6.42 Å². The Balaban J connectivity index is 1.65. The fourth-order valence-corrected chi connectivity index (χ4v) is 3.46. The maximum absolute atomic E-state index is 12.5. The lowest BCUT2D eigenvalue weighted by Gasteiger charge is -2.32. The van der Waals surface area contributed by atoms with Crippen molar-refractivity contribution < 1.29 is 14.4 Å². The average molecular weight is 329 g/mol. The Hall–Kier alpha value is -2.37. The minimum atomic E-state index is -0.702. The van der Waals surface area contributed by atoms with Crippen LogP contribution in [0.2, 0.25) is 0 Å². The van der Waals surface area contributed by atoms with Crippen LogP contribution in [0.3, 0.4) is 0 Å². The standard InChI is InChI=1S/C18H23N3O3/c1-20(14-10-6-3-7-11-14)15(22)12-21-17(23)16(19-18(21)24)13-8-4-2-5-9-13/h2,4-5,8-9,14,16H,3,6-7,10-12H2,1H3,(H,19,24)/t16-/m0/s1. The highest BCUT2D eigenvalue weighted by molar-refractivity contribution is 6.06. The molecule has 0 bridgehead atoms. The second kappa shape index (κ2) is 7.03. The number of urea groups is 1. The number of benzene rings is 1. The van der Waals surface area contributed by atoms with Crippen molar-refractivity contribution in [3.8, 4) is 0 Å². The molecule has 1 aliphatic carbocycles. The van der Waals surface area contributed by atoms with Crippen molar-refractivity contribution in [1.29, 1.82) is 0 Å². The van der Waals surface area contributed by atoms with Crippen LogP contribution in [0.4, 0.5) is 4.79 Å². The molecule has 1 aliphatic heterocycles. The van der Waals surface area contributed by atoms with Gasteiger partial charge in [-0.05, 0) is 18.4 Å². The van der Waals surface area contributed by atoms with E-state index >= 15 is 0 Å². The van der Waals surface area contributed by atoms with Crippen LogP contribution >= 0.6 is 0 Å². The molecule has 6 nitrogen and oxygen atoms in total. The zero-order chi connectivity index (χ0) is 17.1. The van der Waals surface area contributed by atoms with Crippen LogP contribution in [-0.2, 0) is 9.59 Å². The Morgan fingerprint density at radius 3 is 2.50 bits per heavy atom. The van der Waals surface area contributed by atoms with Gasteiger partial charge < -0.3 is 10.2 Å². The number of carbonyl (C=O) groups is 3. The summed E-state index contributed by atoms with van der Waals surface area (Å²) >= 11 is 0. The number of hydrogen-bond acceptors (Lipinski definition) is 3. The van der Waals surface area contributed by atoms with E-state index in [4.69, 9.17) is 0 Å². The van der Waals surface area contributed by atoms with Gasteiger partial charge in [-0.1, -0.05) is 49.6 Å². The van der Waals surface area contributed by atoms with Gasteiger partial charge in [0.05, 0.1) is 0 Å². The van der Waals surface area contributed by atoms with Crippen molar-refractivity contribution >= 4 is 17.8 Å². The number of carbonyl (C=O) groups excluding carboxylic acids is 3. The molecule has 24 heavy (non-hydrogen) atoms. The summed E-state index contributed by atoms with van der Waals surface area (Å²) in [5.41, 5.74) is 0.728. The van der Waals surface area contributed by atoms with Gasteiger partial charge in [0, 0.05) is 13.1 Å². The van der Waals surface area contributed by atoms with Crippen molar-refractivity contribution in [2.75, 3.05) is 13.6 Å². The largest absolute Gasteiger partial charge is 0.341 e. The smallest absolute Gasteiger partial charge is 0.325 e. The van der Waals surface area contributed by atoms with Gasteiger partial charge in [0.25, 0.3) is 5.91 Å². The third kappa shape index (κ3) is 3.27. The lowest BCUT2D eigenvalue weighted by atomic mass is 9.94. The van der Waals surface area contributed by atoms with Gasteiger partial charge in [0.15, 0.2) is 0 Å². The topological polar surface area (TPSA) is 69.7 Å². The number of nitrogens with zero attached hydrogens (tertiary/aromatic N) is 2. The van der Waals surface area contributed by atoms with E-state index in [1.807, 2.05) is 18.2 Å². The van der Waals surface area contributed by atoms with Crippen LogP contribution in [0.15, 0.2) is 30.3 Å². The van der Waals surface area contributed by atoms with Crippen molar-refractivity contribution in [2.24, 2.45) is 0 Å². The first-order valence-electron chi connectivity index (χ1n) is 8.50. The van der Waals surface area contributed by atoms with E-state index in [1.54, 1.807) is 24.1 Å². The highest BCUT2D eigenvalue weighted by Crippen LogP contribution is 2.24. The van der Waals surface area contributed by atoms with Crippen molar-refractivity contribution in [3.63, 3.8) is 0 Å². The fraction of sp³-hybridized carbons (Fsp3) is 0.500. The molecule has 0 spiro atoms. The van der Waals surface area contributed by atoms with Crippen LogP contribution in [-0.4, -0.2) is 47.3 Å². The van der Waals surface area contributed by atoms with E-state index in [0.717, 1.165) is 36.1 Å². The molecular weight excluding hydrogens is 306 g/mol. The fourth-order valence-electron chi connectivity index (χ4n) is 3.46. The molecule has 1 aromatic rings. The van der Waals surface area contributed by atoms with Gasteiger partial charge in [-0.3, -0.25) is 14.5 Å². The Bertz CT molecular complexity index is 626. The Labute approximate surface area is 141 Å². The Morgan fingerprint density at radius 2 is 1.83 bits per heavy atom. The van der Waals surface area contributed by atoms with Gasteiger partial charge in [0.2, 0.25) is 5.91 Å². The maximum atomic E-state index is 12.5. The van der Waals surface area contributed by atoms with E-state index < -0.39 is 12.1 Å². The predicted molar refractivity (Wildman–Crippen MR) is 89.1 cm³/mol. The summed E-state index contributed by atoms with van der Waals surface area (Å²) in [4.78, 5) is 39.9. The van der Waals surface area contributed by atoms with E-state index in [9.17, 15) is 14.4 Å². The summed E-state index contributed by atoms with van der Waals surface area (Å²) in [7, 11) is 1.77. The summed E-state index contributed by atoms with van der Waals surface area (Å²) in [5.74, 6) is -0.546. The van der Waals surface area contributed by atoms with Crippen LogP contribution < -0.4 is 5.32 Å². The second-order valence-electron chi connectivity index (χ2n) is 6.51. The summed E-state index contributed by atoms with van der Waals surface area (Å²) in [6.07, 6.45) is 5.46. The van der Waals surface area contributed by atoms with E-state index in [0.29, 0.717) is 0 Å². The normalized spacial score (nSPS) is 21.7. The van der Waals surface area contributed by atoms with E-state index in [2.05, 4.69) is 5.32 Å². The Kier molecular flexibility index (Phi) is 4.83. The SMILES string of the molecule is CN(C(=O)CN1C(=O)N[C@@H](c2ccccc2)C1=O)C1CCCCC1. The molecule has 3 rings (SSSR count). The molecule has 2 fully saturated rings. The molecule has 1 N–H and O–H groups in total. The zero-order valence-corrected chi connectivity index (χ0v) is 13.9. The summed E-state index contributed by atoms with van der Waals surface area (Å²) < 4.78 is 0. The van der Waals surface area contributed by atoms with Crippen LogP contribution in [0.1, 0.15) is 43.7 Å². The lowest BCUT2D eigenvalue weighted by molar-refractivity contribution is -0.138. The molecule has 1 atom stereocenters. The molecule has 0 aromatic heterocycles. The molecule has 128 valence electrons. The molecule has 1 saturated heterocycles. The molecule has 2 aliphatic rings. The number of nitrogens with one attached hydrogen (secondary N) is 1. The number of amides is 4. The highest BCUT2D eigenvalue weighted by Gasteiger charge is 2.40. The molecular formula is C18H23N3O3. The molecule has 1 aromatic carbocycles. The van der Waals surface area contributed by atoms with E-state index in [-0.39, 0.29) is 24.4 Å². The van der Waals surface area contributed by atoms with Crippen molar-refractivity contribution in [1.82, 2.24) is 15.1 Å². The van der Waals surface area contributed by atoms with Crippen molar-refractivity contribution in [3.05, 3.63) is 35.9 Å². The molecule has 1 heterocycles. The number of hydrogen-bond donors (Lipinski definition) is 1. The first-order valence-corrected chi connectivity index (χ1v) is 8.50. The number of rotatable bonds is 4. The lowest BCUT2D eigenvalue weighted by Crippen LogP contribution is -2.45. The average Bonchev–Trinajstić information content (AvgIpc) is 2.90. The van der Waals surface area contributed by atoms with Crippen molar-refractivity contribution in [2.45, 2.75) is 44.2 Å². The first-order chi connectivity index (χ1) is 11.6. The van der Waals surface area contributed by atoms with Gasteiger partial charge >= 0.3 is 6.03 Å². The zero-order valence-electron chi connectivity index (χ0n) is 13.9. The molecule has 0 unspecified atom stereocenters. The van der Waals surface area contributed by atoms with Crippen LogP contribution in [0.5, 0.6) is 0 Å². The summed E-state index contributed by atoms with van der Waals surface area (Å²) in [6.45, 7) is -0.193. The molecule has 1 saturated carbocycles. The minimum Gasteiger partial charge on any atom is -0.341 e. The van der Waals surface area contributed by atoms with Gasteiger partial charge in [-0.25, -0.2) is 4.79 Å². The first kappa shape index (κ1) is 16.5. The van der Waals surface area contributed by atoms with Crippen LogP contribution in [0.25, 0.3) is 0 Å². The predicted octanol–water partition coefficient (Wildman–Crippen LogP) is 2.07. The number of likely N-dealkylation sites (N-methyl/N-ethyl adjacent to an activating group) is 1. The second-order valence-corrected chi connectivity index (χ2v) is 6.51. The third-order valence-corrected chi connectivity index (χ3v) is 4.97. The Morgan fingerprint density at radius 1 is 1.17 bits per heavy atom. The summed E-state index contributed by atoms with van der Waals surface area (Å²) in [6, 6.07) is 8.09. The monoisotopic (exact) mass is 329 g/mol. The highest BCUT2D eigenvalue weighted by atomic mass is 16.2. The van der Waals surface area contributed by atoms with Crippen LogP contribution in [0, 0.1) is 0 Å². The molecule has 4 amide bonds. The minimum absolute atomic E-state index is 0.181. The summed E-state index contributed by atoms with van der Waals surface area (Å²) in [5, 5.41) is 2.66.